The molecule has 5 heteroatoms. The van der Waals surface area contributed by atoms with Gasteiger partial charge in [-0.1, -0.05) is 6.07 Å². The first-order valence-electron chi connectivity index (χ1n) is 6.06. The molecular weight excluding hydrogens is 232 g/mol. The lowest BCUT2D eigenvalue weighted by molar-refractivity contribution is -0.385. The molecule has 0 saturated heterocycles. The summed E-state index contributed by atoms with van der Waals surface area (Å²) in [6, 6.07) is 3.75. The highest BCUT2D eigenvalue weighted by Gasteiger charge is 2.29. The van der Waals surface area contributed by atoms with E-state index in [4.69, 9.17) is 4.74 Å². The zero-order valence-electron chi connectivity index (χ0n) is 11.0. The molecule has 0 fully saturated rings. The highest BCUT2D eigenvalue weighted by atomic mass is 16.6. The molecule has 0 radical (unpaired) electrons. The number of nitrogens with zero attached hydrogens (tertiary/aromatic N) is 2. The molecule has 0 amide bonds. The lowest BCUT2D eigenvalue weighted by Gasteiger charge is -2.31. The van der Waals surface area contributed by atoms with Gasteiger partial charge < -0.3 is 9.64 Å². The molecule has 1 aromatic rings. The average molecular weight is 250 g/mol. The number of rotatable bonds is 3. The highest BCUT2D eigenvalue weighted by molar-refractivity contribution is 5.56. The van der Waals surface area contributed by atoms with E-state index in [9.17, 15) is 10.1 Å². The molecule has 0 heterocycles. The van der Waals surface area contributed by atoms with Gasteiger partial charge in [0.1, 0.15) is 0 Å². The van der Waals surface area contributed by atoms with Gasteiger partial charge >= 0.3 is 5.69 Å². The van der Waals surface area contributed by atoms with Gasteiger partial charge in [0, 0.05) is 17.7 Å². The fourth-order valence-electron chi connectivity index (χ4n) is 2.74. The van der Waals surface area contributed by atoms with Crippen LogP contribution in [0.5, 0.6) is 5.75 Å². The molecule has 0 spiro atoms. The van der Waals surface area contributed by atoms with Crippen LogP contribution in [-0.4, -0.2) is 31.0 Å². The number of fused-ring (bicyclic) bond motifs is 1. The normalized spacial score (nSPS) is 18.6. The van der Waals surface area contributed by atoms with E-state index in [2.05, 4.69) is 4.90 Å². The second kappa shape index (κ2) is 4.94. The van der Waals surface area contributed by atoms with Crippen LogP contribution in [0.1, 0.15) is 30.0 Å². The number of nitro benzene ring substituents is 1. The molecule has 18 heavy (non-hydrogen) atoms. The summed E-state index contributed by atoms with van der Waals surface area (Å²) < 4.78 is 5.27. The maximum atomic E-state index is 11.0. The van der Waals surface area contributed by atoms with Crippen LogP contribution < -0.4 is 4.74 Å². The van der Waals surface area contributed by atoms with Crippen molar-refractivity contribution in [2.24, 2.45) is 0 Å². The number of nitro groups is 1. The number of benzene rings is 1. The van der Waals surface area contributed by atoms with Crippen molar-refractivity contribution in [3.63, 3.8) is 0 Å². The van der Waals surface area contributed by atoms with Crippen molar-refractivity contribution in [1.29, 1.82) is 0 Å². The first-order chi connectivity index (χ1) is 8.56. The van der Waals surface area contributed by atoms with E-state index >= 15 is 0 Å². The zero-order valence-corrected chi connectivity index (χ0v) is 11.0. The molecular formula is C13H18N2O3. The van der Waals surface area contributed by atoms with Gasteiger partial charge in [-0.15, -0.1) is 0 Å². The van der Waals surface area contributed by atoms with Crippen LogP contribution in [0.4, 0.5) is 5.69 Å². The molecule has 0 bridgehead atoms. The number of hydrogen-bond donors (Lipinski definition) is 0. The third-order valence-electron chi connectivity index (χ3n) is 3.56. The van der Waals surface area contributed by atoms with Gasteiger partial charge in [0.05, 0.1) is 12.0 Å². The molecule has 1 aromatic carbocycles. The van der Waals surface area contributed by atoms with Crippen molar-refractivity contribution in [2.75, 3.05) is 21.2 Å². The fourth-order valence-corrected chi connectivity index (χ4v) is 2.74. The predicted molar refractivity (Wildman–Crippen MR) is 69.0 cm³/mol. The van der Waals surface area contributed by atoms with E-state index in [1.807, 2.05) is 20.2 Å². The average Bonchev–Trinajstić information content (AvgIpc) is 2.35. The Hall–Kier alpha value is -1.62. The van der Waals surface area contributed by atoms with E-state index in [1.165, 1.54) is 7.11 Å². The van der Waals surface area contributed by atoms with Crippen molar-refractivity contribution >= 4 is 5.69 Å². The molecule has 1 atom stereocenters. The number of ether oxygens (including phenoxy) is 1. The van der Waals surface area contributed by atoms with Gasteiger partial charge in [-0.2, -0.15) is 0 Å². The second-order valence-corrected chi connectivity index (χ2v) is 4.81. The second-order valence-electron chi connectivity index (χ2n) is 4.81. The molecule has 0 N–H and O–H groups in total. The smallest absolute Gasteiger partial charge is 0.311 e. The Morgan fingerprint density at radius 3 is 2.72 bits per heavy atom. The molecule has 0 aliphatic heterocycles. The van der Waals surface area contributed by atoms with Gasteiger partial charge in [-0.05, 0) is 38.9 Å². The topological polar surface area (TPSA) is 55.6 Å². The highest BCUT2D eigenvalue weighted by Crippen LogP contribution is 2.42. The monoisotopic (exact) mass is 250 g/mol. The van der Waals surface area contributed by atoms with Crippen molar-refractivity contribution in [3.8, 4) is 5.75 Å². The van der Waals surface area contributed by atoms with Crippen molar-refractivity contribution in [2.45, 2.75) is 25.3 Å². The molecule has 0 saturated carbocycles. The van der Waals surface area contributed by atoms with Gasteiger partial charge in [-0.3, -0.25) is 10.1 Å². The lowest BCUT2D eigenvalue weighted by Crippen LogP contribution is -2.24. The van der Waals surface area contributed by atoms with Gasteiger partial charge in [0.25, 0.3) is 0 Å². The predicted octanol–water partition coefficient (Wildman–Crippen LogP) is 2.54. The van der Waals surface area contributed by atoms with Gasteiger partial charge in [-0.25, -0.2) is 0 Å². The quantitative estimate of drug-likeness (QED) is 0.611. The van der Waals surface area contributed by atoms with Crippen LogP contribution in [-0.2, 0) is 6.42 Å². The van der Waals surface area contributed by atoms with Crippen LogP contribution in [0.25, 0.3) is 0 Å². The lowest BCUT2D eigenvalue weighted by atomic mass is 9.86. The Bertz CT molecular complexity index is 472. The van der Waals surface area contributed by atoms with Crippen LogP contribution in [0, 0.1) is 10.1 Å². The molecule has 98 valence electrons. The molecule has 1 aliphatic rings. The van der Waals surface area contributed by atoms with Gasteiger partial charge in [0.2, 0.25) is 0 Å². The van der Waals surface area contributed by atoms with Crippen molar-refractivity contribution < 1.29 is 9.66 Å². The van der Waals surface area contributed by atoms with E-state index in [0.29, 0.717) is 11.8 Å². The van der Waals surface area contributed by atoms with Crippen molar-refractivity contribution in [1.82, 2.24) is 4.90 Å². The summed E-state index contributed by atoms with van der Waals surface area (Å²) in [4.78, 5) is 12.8. The van der Waals surface area contributed by atoms with Crippen LogP contribution in [0.15, 0.2) is 12.1 Å². The summed E-state index contributed by atoms with van der Waals surface area (Å²) in [6.45, 7) is 0. The van der Waals surface area contributed by atoms with E-state index in [-0.39, 0.29) is 10.6 Å². The minimum atomic E-state index is -0.377. The minimum absolute atomic E-state index is 0.0654. The Balaban J connectivity index is 2.56. The Morgan fingerprint density at radius 1 is 1.44 bits per heavy atom. The molecule has 1 aliphatic carbocycles. The zero-order chi connectivity index (χ0) is 13.3. The maximum Gasteiger partial charge on any atom is 0.311 e. The van der Waals surface area contributed by atoms with E-state index in [1.54, 1.807) is 6.07 Å². The summed E-state index contributed by atoms with van der Waals surface area (Å²) >= 11 is 0. The SMILES string of the molecule is COc1c([N+](=O)[O-])ccc2c1CCCC2N(C)C. The summed E-state index contributed by atoms with van der Waals surface area (Å²) in [5, 5.41) is 11.0. The van der Waals surface area contributed by atoms with E-state index in [0.717, 1.165) is 30.4 Å². The first kappa shape index (κ1) is 12.8. The minimum Gasteiger partial charge on any atom is -0.490 e. The summed E-state index contributed by atoms with van der Waals surface area (Å²) in [7, 11) is 5.57. The Morgan fingerprint density at radius 2 is 2.17 bits per heavy atom. The molecule has 1 unspecified atom stereocenters. The number of hydrogen-bond acceptors (Lipinski definition) is 4. The first-order valence-corrected chi connectivity index (χ1v) is 6.06. The summed E-state index contributed by atoms with van der Waals surface area (Å²) in [5.41, 5.74) is 2.22. The standard InChI is InChI=1S/C13H18N2O3/c1-14(2)11-6-4-5-10-9(11)7-8-12(15(16)17)13(10)18-3/h7-8,11H,4-6H2,1-3H3. The third-order valence-corrected chi connectivity index (χ3v) is 3.56. The summed E-state index contributed by atoms with van der Waals surface area (Å²) in [5.74, 6) is 0.434. The van der Waals surface area contributed by atoms with Crippen LogP contribution in [0.3, 0.4) is 0 Å². The Labute approximate surface area is 107 Å². The summed E-state index contributed by atoms with van der Waals surface area (Å²) in [6.07, 6.45) is 2.97. The van der Waals surface area contributed by atoms with Crippen LogP contribution >= 0.6 is 0 Å². The Kier molecular flexibility index (Phi) is 3.52. The molecule has 2 rings (SSSR count). The number of methoxy groups -OCH3 is 1. The molecule has 5 nitrogen and oxygen atoms in total. The van der Waals surface area contributed by atoms with Crippen LogP contribution in [0.2, 0.25) is 0 Å². The van der Waals surface area contributed by atoms with Gasteiger partial charge in [0.15, 0.2) is 5.75 Å². The molecule has 0 aromatic heterocycles. The van der Waals surface area contributed by atoms with Crippen molar-refractivity contribution in [3.05, 3.63) is 33.4 Å². The fraction of sp³-hybridized carbons (Fsp3) is 0.538. The third kappa shape index (κ3) is 2.06. The maximum absolute atomic E-state index is 11.0. The van der Waals surface area contributed by atoms with E-state index < -0.39 is 0 Å². The largest absolute Gasteiger partial charge is 0.490 e.